The van der Waals surface area contributed by atoms with Gasteiger partial charge in [-0.1, -0.05) is 60.2 Å². The molecule has 4 amide bonds. The largest absolute Gasteiger partial charge is 0.282 e. The van der Waals surface area contributed by atoms with E-state index in [0.717, 1.165) is 55.2 Å². The number of hydrogen-bond acceptors (Lipinski definition) is 4. The molecule has 0 radical (unpaired) electrons. The zero-order valence-corrected chi connectivity index (χ0v) is 24.5. The molecule has 4 aliphatic carbocycles. The van der Waals surface area contributed by atoms with Crippen LogP contribution in [0.1, 0.15) is 56.6 Å². The van der Waals surface area contributed by atoms with E-state index in [-0.39, 0.29) is 76.5 Å². The van der Waals surface area contributed by atoms with Gasteiger partial charge in [-0.15, -0.1) is 13.2 Å². The van der Waals surface area contributed by atoms with Crippen LogP contribution in [0, 0.1) is 46.3 Å². The zero-order valence-electron chi connectivity index (χ0n) is 24.5. The Labute approximate surface area is 248 Å². The predicted octanol–water partition coefficient (Wildman–Crippen LogP) is 5.41. The molecule has 2 heterocycles. The maximum absolute atomic E-state index is 13.6. The fourth-order valence-electron chi connectivity index (χ4n) is 9.42. The molecule has 218 valence electrons. The minimum Gasteiger partial charge on any atom is -0.282 e. The van der Waals surface area contributed by atoms with Crippen LogP contribution in [0.15, 0.2) is 73.4 Å². The maximum Gasteiger partial charge on any atom is 0.234 e. The summed E-state index contributed by atoms with van der Waals surface area (Å²) in [4.78, 5) is 56.8. The van der Waals surface area contributed by atoms with Gasteiger partial charge in [-0.25, -0.2) is 0 Å². The van der Waals surface area contributed by atoms with E-state index >= 15 is 0 Å². The van der Waals surface area contributed by atoms with Crippen molar-refractivity contribution in [1.82, 2.24) is 9.80 Å². The van der Waals surface area contributed by atoms with Crippen molar-refractivity contribution in [3.63, 3.8) is 0 Å². The third kappa shape index (κ3) is 3.90. The first kappa shape index (κ1) is 27.3. The smallest absolute Gasteiger partial charge is 0.234 e. The van der Waals surface area contributed by atoms with Crippen LogP contribution in [0.3, 0.4) is 0 Å². The lowest BCUT2D eigenvalue weighted by molar-refractivity contribution is -0.143. The normalized spacial score (nSPS) is 37.0. The molecule has 8 atom stereocenters. The highest BCUT2D eigenvalue weighted by Crippen LogP contribution is 2.63. The Morgan fingerprint density at radius 3 is 1.98 bits per heavy atom. The van der Waals surface area contributed by atoms with E-state index in [1.54, 1.807) is 0 Å². The van der Waals surface area contributed by atoms with Crippen molar-refractivity contribution < 1.29 is 19.2 Å². The zero-order chi connectivity index (χ0) is 29.4. The first-order chi connectivity index (χ1) is 20.2. The number of hydrogen-bond donors (Lipinski definition) is 0. The molecule has 6 nitrogen and oxygen atoms in total. The van der Waals surface area contributed by atoms with Crippen LogP contribution in [0.25, 0.3) is 0 Å². The lowest BCUT2D eigenvalue weighted by Gasteiger charge is -2.30. The highest BCUT2D eigenvalue weighted by Gasteiger charge is 2.66. The summed E-state index contributed by atoms with van der Waals surface area (Å²) in [6, 6.07) is 7.90. The van der Waals surface area contributed by atoms with Gasteiger partial charge in [-0.3, -0.25) is 29.0 Å². The number of carbonyl (C=O) groups is 4. The van der Waals surface area contributed by atoms with Crippen LogP contribution in [-0.2, 0) is 32.1 Å². The number of benzene rings is 1. The standard InChI is InChI=1S/C36H40N2O4/c1-4-5-14-35-16-11-25(19-35)27-29(35)33(41)37(31(27)39)18-13-23-6-8-24(9-7-23)21-38-32(40)28-26-12-17-36(20-26,15-10-22(2)3)30(28)34(38)42/h4,6-9,11-12,16-17,25-30H,1-2,5,10,13-15,18-21H2,3H3. The third-order valence-electron chi connectivity index (χ3n) is 11.4. The van der Waals surface area contributed by atoms with E-state index in [4.69, 9.17) is 0 Å². The van der Waals surface area contributed by atoms with Crippen molar-refractivity contribution in [1.29, 1.82) is 0 Å². The van der Waals surface area contributed by atoms with Crippen LogP contribution in [0.5, 0.6) is 0 Å². The first-order valence-electron chi connectivity index (χ1n) is 15.6. The van der Waals surface area contributed by atoms with Gasteiger partial charge in [0.2, 0.25) is 23.6 Å². The molecule has 6 aliphatic rings. The molecule has 1 aromatic rings. The highest BCUT2D eigenvalue weighted by molar-refractivity contribution is 6.07. The molecule has 1 aromatic carbocycles. The molecule has 0 N–H and O–H groups in total. The van der Waals surface area contributed by atoms with Crippen LogP contribution >= 0.6 is 0 Å². The topological polar surface area (TPSA) is 74.8 Å². The van der Waals surface area contributed by atoms with Crippen molar-refractivity contribution in [3.05, 3.63) is 84.5 Å². The second-order valence-electron chi connectivity index (χ2n) is 13.9. The Bertz CT molecular complexity index is 1450. The van der Waals surface area contributed by atoms with Gasteiger partial charge in [0, 0.05) is 17.4 Å². The second-order valence-corrected chi connectivity index (χ2v) is 13.9. The molecular weight excluding hydrogens is 524 g/mol. The summed E-state index contributed by atoms with van der Waals surface area (Å²) >= 11 is 0. The second kappa shape index (κ2) is 9.75. The summed E-state index contributed by atoms with van der Waals surface area (Å²) in [6.45, 7) is 10.6. The average Bonchev–Trinajstić information content (AvgIpc) is 3.81. The predicted molar refractivity (Wildman–Crippen MR) is 159 cm³/mol. The number of fused-ring (bicyclic) bond motifs is 10. The molecule has 6 heteroatoms. The fraction of sp³-hybridized carbons (Fsp3) is 0.500. The number of amides is 4. The molecular formula is C36H40N2O4. The Morgan fingerprint density at radius 1 is 0.833 bits per heavy atom. The van der Waals surface area contributed by atoms with Gasteiger partial charge in [0.1, 0.15) is 0 Å². The summed E-state index contributed by atoms with van der Waals surface area (Å²) in [5.74, 6) is -0.710. The van der Waals surface area contributed by atoms with E-state index < -0.39 is 0 Å². The SMILES string of the molecule is C=CCCC12C=CC(C1)C1C(=O)N(CCc3ccc(CN4C(=O)C5C6C=CC(CCC(=C)C)(C6)C5C4=O)cc3)C(=O)C12. The van der Waals surface area contributed by atoms with Gasteiger partial charge in [0.05, 0.1) is 30.2 Å². The van der Waals surface area contributed by atoms with Gasteiger partial charge < -0.3 is 0 Å². The number of nitrogens with zero attached hydrogens (tertiary/aromatic N) is 2. The molecule has 2 saturated carbocycles. The van der Waals surface area contributed by atoms with Crippen molar-refractivity contribution in [2.24, 2.45) is 46.3 Å². The number of carbonyl (C=O) groups excluding carboxylic acids is 4. The third-order valence-corrected chi connectivity index (χ3v) is 11.4. The van der Waals surface area contributed by atoms with Gasteiger partial charge in [0.25, 0.3) is 0 Å². The molecule has 0 spiro atoms. The average molecular weight is 565 g/mol. The number of allylic oxidation sites excluding steroid dienone is 6. The van der Waals surface area contributed by atoms with E-state index in [0.29, 0.717) is 13.0 Å². The van der Waals surface area contributed by atoms with E-state index in [1.165, 1.54) is 9.80 Å². The van der Waals surface area contributed by atoms with E-state index in [9.17, 15) is 19.2 Å². The Kier molecular flexibility index (Phi) is 6.34. The van der Waals surface area contributed by atoms with Crippen molar-refractivity contribution in [3.8, 4) is 0 Å². The molecule has 42 heavy (non-hydrogen) atoms. The van der Waals surface area contributed by atoms with Crippen LogP contribution < -0.4 is 0 Å². The van der Waals surface area contributed by atoms with Gasteiger partial charge >= 0.3 is 0 Å². The summed E-state index contributed by atoms with van der Waals surface area (Å²) < 4.78 is 0. The first-order valence-corrected chi connectivity index (χ1v) is 15.6. The molecule has 7 rings (SSSR count). The quantitative estimate of drug-likeness (QED) is 0.266. The summed E-state index contributed by atoms with van der Waals surface area (Å²) in [5, 5.41) is 0. The molecule has 4 bridgehead atoms. The number of imide groups is 2. The molecule has 0 aromatic heterocycles. The number of rotatable bonds is 11. The summed E-state index contributed by atoms with van der Waals surface area (Å²) in [6.07, 6.45) is 16.4. The van der Waals surface area contributed by atoms with Crippen molar-refractivity contribution in [2.75, 3.05) is 6.54 Å². The summed E-state index contributed by atoms with van der Waals surface area (Å²) in [5.41, 5.74) is 2.62. The van der Waals surface area contributed by atoms with Crippen molar-refractivity contribution in [2.45, 2.75) is 58.4 Å². The van der Waals surface area contributed by atoms with Gasteiger partial charge in [-0.2, -0.15) is 0 Å². The van der Waals surface area contributed by atoms with Crippen LogP contribution in [0.2, 0.25) is 0 Å². The van der Waals surface area contributed by atoms with Crippen molar-refractivity contribution >= 4 is 23.6 Å². The highest BCUT2D eigenvalue weighted by atomic mass is 16.2. The Morgan fingerprint density at radius 2 is 1.38 bits per heavy atom. The molecule has 4 fully saturated rings. The minimum atomic E-state index is -0.255. The lowest BCUT2D eigenvalue weighted by atomic mass is 9.71. The van der Waals surface area contributed by atoms with Gasteiger partial charge in [-0.05, 0) is 74.8 Å². The molecule has 2 saturated heterocycles. The minimum absolute atomic E-state index is 0.0152. The summed E-state index contributed by atoms with van der Waals surface area (Å²) in [7, 11) is 0. The van der Waals surface area contributed by atoms with Gasteiger partial charge in [0.15, 0.2) is 0 Å². The Hall–Kier alpha value is -3.54. The van der Waals surface area contributed by atoms with E-state index in [1.807, 2.05) is 37.3 Å². The van der Waals surface area contributed by atoms with E-state index in [2.05, 4.69) is 37.5 Å². The molecule has 8 unspecified atom stereocenters. The van der Waals surface area contributed by atoms with Crippen LogP contribution in [0.4, 0.5) is 0 Å². The monoisotopic (exact) mass is 564 g/mol. The van der Waals surface area contributed by atoms with Crippen LogP contribution in [-0.4, -0.2) is 40.0 Å². The molecule has 2 aliphatic heterocycles. The fourth-order valence-corrected chi connectivity index (χ4v) is 9.42. The Balaban J connectivity index is 0.989. The number of likely N-dealkylation sites (tertiary alicyclic amines) is 2. The maximum atomic E-state index is 13.6. The lowest BCUT2D eigenvalue weighted by Crippen LogP contribution is -2.37.